The van der Waals surface area contributed by atoms with Gasteiger partial charge in [0, 0.05) is 0 Å². The molecule has 5 nitrogen and oxygen atoms in total. The van der Waals surface area contributed by atoms with Crippen LogP contribution >= 0.6 is 0 Å². The summed E-state index contributed by atoms with van der Waals surface area (Å²) in [6.07, 6.45) is -0.541. The van der Waals surface area contributed by atoms with Crippen molar-refractivity contribution in [1.82, 2.24) is 0 Å². The molecule has 1 rings (SSSR count). The van der Waals surface area contributed by atoms with Gasteiger partial charge in [0.05, 0.1) is 33.0 Å². The quantitative estimate of drug-likeness (QED) is 0.683. The SMILES string of the molecule is COc1cc([C@H](C)O)ccc1OCCOCCO. The predicted molar refractivity (Wildman–Crippen MR) is 67.0 cm³/mol. The van der Waals surface area contributed by atoms with Crippen molar-refractivity contribution >= 4 is 0 Å². The van der Waals surface area contributed by atoms with Crippen molar-refractivity contribution in [3.63, 3.8) is 0 Å². The molecule has 0 aliphatic carbocycles. The summed E-state index contributed by atoms with van der Waals surface area (Å²) < 4.78 is 15.8. The second-order valence-electron chi connectivity index (χ2n) is 3.77. The van der Waals surface area contributed by atoms with E-state index in [0.29, 0.717) is 31.3 Å². The van der Waals surface area contributed by atoms with Crippen LogP contribution in [0.5, 0.6) is 11.5 Å². The average Bonchev–Trinajstić information content (AvgIpc) is 2.38. The number of hydrogen-bond donors (Lipinski definition) is 2. The summed E-state index contributed by atoms with van der Waals surface area (Å²) in [6.45, 7) is 2.79. The van der Waals surface area contributed by atoms with Crippen LogP contribution in [0, 0.1) is 0 Å². The van der Waals surface area contributed by atoms with Crippen LogP contribution in [0.15, 0.2) is 18.2 Å². The highest BCUT2D eigenvalue weighted by atomic mass is 16.5. The molecule has 0 radical (unpaired) electrons. The topological polar surface area (TPSA) is 68.2 Å². The van der Waals surface area contributed by atoms with E-state index in [2.05, 4.69) is 0 Å². The third-order valence-corrected chi connectivity index (χ3v) is 2.39. The van der Waals surface area contributed by atoms with Crippen LogP contribution in [0.3, 0.4) is 0 Å². The van der Waals surface area contributed by atoms with E-state index in [1.54, 1.807) is 32.2 Å². The Morgan fingerprint density at radius 3 is 2.56 bits per heavy atom. The lowest BCUT2D eigenvalue weighted by atomic mass is 10.1. The number of aliphatic hydroxyl groups is 2. The van der Waals surface area contributed by atoms with Crippen molar-refractivity contribution in [2.45, 2.75) is 13.0 Å². The first-order valence-electron chi connectivity index (χ1n) is 5.86. The lowest BCUT2D eigenvalue weighted by Crippen LogP contribution is -2.09. The third kappa shape index (κ3) is 4.52. The van der Waals surface area contributed by atoms with E-state index in [4.69, 9.17) is 19.3 Å². The minimum atomic E-state index is -0.541. The van der Waals surface area contributed by atoms with Gasteiger partial charge in [0.1, 0.15) is 6.61 Å². The molecule has 2 N–H and O–H groups in total. The normalized spacial score (nSPS) is 12.2. The van der Waals surface area contributed by atoms with Gasteiger partial charge in [0.25, 0.3) is 0 Å². The van der Waals surface area contributed by atoms with E-state index >= 15 is 0 Å². The Labute approximate surface area is 107 Å². The van der Waals surface area contributed by atoms with Crippen LogP contribution < -0.4 is 9.47 Å². The second kappa shape index (κ2) is 7.92. The molecule has 0 saturated carbocycles. The maximum Gasteiger partial charge on any atom is 0.161 e. The highest BCUT2D eigenvalue weighted by Crippen LogP contribution is 2.30. The fraction of sp³-hybridized carbons (Fsp3) is 0.538. The Morgan fingerprint density at radius 2 is 1.94 bits per heavy atom. The highest BCUT2D eigenvalue weighted by molar-refractivity contribution is 5.43. The third-order valence-electron chi connectivity index (χ3n) is 2.39. The molecule has 0 aliphatic heterocycles. The molecular weight excluding hydrogens is 236 g/mol. The van der Waals surface area contributed by atoms with E-state index in [1.165, 1.54) is 0 Å². The number of hydrogen-bond acceptors (Lipinski definition) is 5. The Kier molecular flexibility index (Phi) is 6.49. The zero-order valence-corrected chi connectivity index (χ0v) is 10.8. The van der Waals surface area contributed by atoms with Crippen LogP contribution in [0.2, 0.25) is 0 Å². The van der Waals surface area contributed by atoms with E-state index in [-0.39, 0.29) is 6.61 Å². The molecule has 0 amide bonds. The van der Waals surface area contributed by atoms with Gasteiger partial charge in [-0.1, -0.05) is 6.07 Å². The van der Waals surface area contributed by atoms with Crippen molar-refractivity contribution in [2.75, 3.05) is 33.5 Å². The van der Waals surface area contributed by atoms with Gasteiger partial charge in [-0.15, -0.1) is 0 Å². The first-order valence-corrected chi connectivity index (χ1v) is 5.86. The molecule has 0 saturated heterocycles. The Morgan fingerprint density at radius 1 is 1.17 bits per heavy atom. The van der Waals surface area contributed by atoms with E-state index in [1.807, 2.05) is 0 Å². The van der Waals surface area contributed by atoms with Gasteiger partial charge in [0.2, 0.25) is 0 Å². The number of benzene rings is 1. The summed E-state index contributed by atoms with van der Waals surface area (Å²) in [5.74, 6) is 1.19. The van der Waals surface area contributed by atoms with Gasteiger partial charge in [-0.25, -0.2) is 0 Å². The fourth-order valence-electron chi connectivity index (χ4n) is 1.44. The molecule has 1 aromatic carbocycles. The van der Waals surface area contributed by atoms with E-state index in [9.17, 15) is 5.11 Å². The molecule has 18 heavy (non-hydrogen) atoms. The van der Waals surface area contributed by atoms with Crippen molar-refractivity contribution in [3.8, 4) is 11.5 Å². The number of methoxy groups -OCH3 is 1. The maximum absolute atomic E-state index is 9.47. The summed E-state index contributed by atoms with van der Waals surface area (Å²) in [6, 6.07) is 5.29. The van der Waals surface area contributed by atoms with E-state index < -0.39 is 6.10 Å². The molecule has 0 spiro atoms. The fourth-order valence-corrected chi connectivity index (χ4v) is 1.44. The van der Waals surface area contributed by atoms with Crippen LogP contribution in [0.4, 0.5) is 0 Å². The molecular formula is C13H20O5. The van der Waals surface area contributed by atoms with Crippen LogP contribution in [-0.2, 0) is 4.74 Å². The Balaban J connectivity index is 2.54. The summed E-state index contributed by atoms with van der Waals surface area (Å²) in [7, 11) is 1.55. The number of ether oxygens (including phenoxy) is 3. The predicted octanol–water partition coefficient (Wildman–Crippen LogP) is 1.14. The molecule has 0 aromatic heterocycles. The maximum atomic E-state index is 9.47. The summed E-state index contributed by atoms with van der Waals surface area (Å²) in [4.78, 5) is 0. The molecule has 1 atom stereocenters. The minimum absolute atomic E-state index is 0.00636. The van der Waals surface area contributed by atoms with Gasteiger partial charge in [-0.05, 0) is 24.6 Å². The van der Waals surface area contributed by atoms with Gasteiger partial charge in [-0.3, -0.25) is 0 Å². The minimum Gasteiger partial charge on any atom is -0.493 e. The number of aliphatic hydroxyl groups excluding tert-OH is 2. The van der Waals surface area contributed by atoms with Gasteiger partial charge < -0.3 is 24.4 Å². The molecule has 0 aliphatic rings. The zero-order chi connectivity index (χ0) is 13.4. The van der Waals surface area contributed by atoms with Crippen molar-refractivity contribution in [2.24, 2.45) is 0 Å². The van der Waals surface area contributed by atoms with Gasteiger partial charge >= 0.3 is 0 Å². The summed E-state index contributed by atoms with van der Waals surface area (Å²) in [5.41, 5.74) is 0.774. The molecule has 0 bridgehead atoms. The van der Waals surface area contributed by atoms with E-state index in [0.717, 1.165) is 5.56 Å². The van der Waals surface area contributed by atoms with Gasteiger partial charge in [0.15, 0.2) is 11.5 Å². The average molecular weight is 256 g/mol. The highest BCUT2D eigenvalue weighted by Gasteiger charge is 2.08. The van der Waals surface area contributed by atoms with Crippen LogP contribution in [-0.4, -0.2) is 43.8 Å². The molecule has 0 fully saturated rings. The first kappa shape index (κ1) is 14.8. The molecule has 0 unspecified atom stereocenters. The number of rotatable bonds is 8. The van der Waals surface area contributed by atoms with Crippen LogP contribution in [0.25, 0.3) is 0 Å². The van der Waals surface area contributed by atoms with Crippen molar-refractivity contribution < 1.29 is 24.4 Å². The molecule has 102 valence electrons. The summed E-state index contributed by atoms with van der Waals surface area (Å²) in [5, 5.41) is 18.0. The molecule has 5 heteroatoms. The molecule has 0 heterocycles. The lowest BCUT2D eigenvalue weighted by Gasteiger charge is -2.13. The Bertz CT molecular complexity index is 351. The smallest absolute Gasteiger partial charge is 0.161 e. The Hall–Kier alpha value is -1.30. The van der Waals surface area contributed by atoms with Crippen molar-refractivity contribution in [3.05, 3.63) is 23.8 Å². The first-order chi connectivity index (χ1) is 8.69. The monoisotopic (exact) mass is 256 g/mol. The lowest BCUT2D eigenvalue weighted by molar-refractivity contribution is 0.0698. The largest absolute Gasteiger partial charge is 0.493 e. The second-order valence-corrected chi connectivity index (χ2v) is 3.77. The van der Waals surface area contributed by atoms with Gasteiger partial charge in [-0.2, -0.15) is 0 Å². The zero-order valence-electron chi connectivity index (χ0n) is 10.8. The van der Waals surface area contributed by atoms with Crippen LogP contribution in [0.1, 0.15) is 18.6 Å². The molecule has 1 aromatic rings. The summed E-state index contributed by atoms with van der Waals surface area (Å²) >= 11 is 0. The standard InChI is InChI=1S/C13H20O5/c1-10(15)11-3-4-12(13(9-11)16-2)18-8-7-17-6-5-14/h3-4,9-10,14-15H,5-8H2,1-2H3/t10-/m0/s1. The van der Waals surface area contributed by atoms with Crippen molar-refractivity contribution in [1.29, 1.82) is 0 Å².